The number of carbonyl (C=O) groups is 1. The molecule has 0 aliphatic rings. The minimum atomic E-state index is -0.140. The predicted molar refractivity (Wildman–Crippen MR) is 77.1 cm³/mol. The van der Waals surface area contributed by atoms with Crippen LogP contribution in [0.2, 0.25) is 0 Å². The van der Waals surface area contributed by atoms with Gasteiger partial charge >= 0.3 is 0 Å². The van der Waals surface area contributed by atoms with Crippen LogP contribution in [0.15, 0.2) is 41.0 Å². The predicted octanol–water partition coefficient (Wildman–Crippen LogP) is 3.05. The van der Waals surface area contributed by atoms with Crippen molar-refractivity contribution in [2.24, 2.45) is 0 Å². The number of hydrogen-bond donors (Lipinski definition) is 0. The first kappa shape index (κ1) is 14.2. The molecule has 0 aliphatic heterocycles. The highest BCUT2D eigenvalue weighted by Crippen LogP contribution is 2.16. The fourth-order valence-corrected chi connectivity index (χ4v) is 2.01. The molecule has 0 aliphatic carbocycles. The van der Waals surface area contributed by atoms with Gasteiger partial charge in [0, 0.05) is 7.05 Å². The van der Waals surface area contributed by atoms with Crippen molar-refractivity contribution in [3.63, 3.8) is 0 Å². The molecule has 0 saturated carbocycles. The maximum atomic E-state index is 11.9. The lowest BCUT2D eigenvalue weighted by molar-refractivity contribution is 0.0742. The molecule has 2 rings (SSSR count). The molecule has 0 bridgehead atoms. The number of benzene rings is 1. The van der Waals surface area contributed by atoms with E-state index in [2.05, 4.69) is 6.07 Å². The Morgan fingerprint density at radius 2 is 1.95 bits per heavy atom. The summed E-state index contributed by atoms with van der Waals surface area (Å²) in [4.78, 5) is 13.5. The van der Waals surface area contributed by atoms with Crippen molar-refractivity contribution < 1.29 is 13.9 Å². The maximum Gasteiger partial charge on any atom is 0.289 e. The number of ether oxygens (including phenoxy) is 1. The van der Waals surface area contributed by atoms with Gasteiger partial charge in [0.15, 0.2) is 5.76 Å². The number of hydrogen-bond acceptors (Lipinski definition) is 3. The fraction of sp³-hybridized carbons (Fsp3) is 0.312. The second kappa shape index (κ2) is 6.28. The molecule has 0 unspecified atom stereocenters. The van der Waals surface area contributed by atoms with Crippen LogP contribution in [-0.2, 0) is 0 Å². The normalized spacial score (nSPS) is 10.3. The van der Waals surface area contributed by atoms with E-state index in [9.17, 15) is 4.79 Å². The lowest BCUT2D eigenvalue weighted by atomic mass is 10.1. The number of furan rings is 1. The van der Waals surface area contributed by atoms with Crippen molar-refractivity contribution in [3.8, 4) is 5.75 Å². The highest BCUT2D eigenvalue weighted by atomic mass is 16.5. The van der Waals surface area contributed by atoms with Gasteiger partial charge < -0.3 is 14.1 Å². The Kier molecular flexibility index (Phi) is 4.45. The zero-order chi connectivity index (χ0) is 14.5. The van der Waals surface area contributed by atoms with Gasteiger partial charge in [0.05, 0.1) is 12.8 Å². The molecular formula is C16H19NO3. The van der Waals surface area contributed by atoms with Crippen molar-refractivity contribution in [2.75, 3.05) is 20.2 Å². The first-order valence-corrected chi connectivity index (χ1v) is 6.56. The molecule has 0 radical (unpaired) electrons. The highest BCUT2D eigenvalue weighted by Gasteiger charge is 2.13. The molecule has 4 nitrogen and oxygen atoms in total. The second-order valence-electron chi connectivity index (χ2n) is 4.88. The third-order valence-electron chi connectivity index (χ3n) is 2.97. The maximum absolute atomic E-state index is 11.9. The Hall–Kier alpha value is -2.23. The molecule has 1 amide bonds. The number of amides is 1. The Morgan fingerprint density at radius 3 is 2.55 bits per heavy atom. The monoisotopic (exact) mass is 273 g/mol. The van der Waals surface area contributed by atoms with Crippen LogP contribution < -0.4 is 4.74 Å². The summed E-state index contributed by atoms with van der Waals surface area (Å²) in [5, 5.41) is 0. The molecule has 0 atom stereocenters. The summed E-state index contributed by atoms with van der Waals surface area (Å²) in [6.07, 6.45) is 1.49. The van der Waals surface area contributed by atoms with Crippen LogP contribution in [0, 0.1) is 13.8 Å². The summed E-state index contributed by atoms with van der Waals surface area (Å²) < 4.78 is 10.8. The van der Waals surface area contributed by atoms with Crippen LogP contribution in [0.3, 0.4) is 0 Å². The minimum Gasteiger partial charge on any atom is -0.492 e. The van der Waals surface area contributed by atoms with Gasteiger partial charge in [-0.15, -0.1) is 0 Å². The van der Waals surface area contributed by atoms with Crippen LogP contribution in [0.5, 0.6) is 5.75 Å². The molecule has 1 aromatic carbocycles. The van der Waals surface area contributed by atoms with Crippen molar-refractivity contribution in [1.82, 2.24) is 4.90 Å². The Balaban J connectivity index is 1.85. The van der Waals surface area contributed by atoms with Crippen LogP contribution in [0.25, 0.3) is 0 Å². The molecule has 0 saturated heterocycles. The highest BCUT2D eigenvalue weighted by molar-refractivity contribution is 5.91. The van der Waals surface area contributed by atoms with Gasteiger partial charge in [-0.3, -0.25) is 4.79 Å². The fourth-order valence-electron chi connectivity index (χ4n) is 2.01. The van der Waals surface area contributed by atoms with Crippen molar-refractivity contribution in [3.05, 3.63) is 53.5 Å². The molecule has 2 aromatic rings. The Bertz CT molecular complexity index is 555. The van der Waals surface area contributed by atoms with Gasteiger partial charge in [0.25, 0.3) is 5.91 Å². The molecule has 106 valence electrons. The quantitative estimate of drug-likeness (QED) is 0.841. The molecule has 0 N–H and O–H groups in total. The van der Waals surface area contributed by atoms with Crippen molar-refractivity contribution in [2.45, 2.75) is 13.8 Å². The number of likely N-dealkylation sites (N-methyl/N-ethyl adjacent to an activating group) is 1. The first-order valence-electron chi connectivity index (χ1n) is 6.56. The zero-order valence-corrected chi connectivity index (χ0v) is 12.1. The van der Waals surface area contributed by atoms with E-state index in [0.29, 0.717) is 18.9 Å². The lowest BCUT2D eigenvalue weighted by Crippen LogP contribution is -2.30. The number of nitrogens with zero attached hydrogens (tertiary/aromatic N) is 1. The average molecular weight is 273 g/mol. The third kappa shape index (κ3) is 3.63. The molecule has 0 spiro atoms. The van der Waals surface area contributed by atoms with E-state index < -0.39 is 0 Å². The number of rotatable bonds is 5. The molecule has 1 heterocycles. The molecule has 0 fully saturated rings. The zero-order valence-electron chi connectivity index (χ0n) is 12.1. The van der Waals surface area contributed by atoms with Gasteiger partial charge in [-0.1, -0.05) is 6.07 Å². The largest absolute Gasteiger partial charge is 0.492 e. The van der Waals surface area contributed by atoms with E-state index in [0.717, 1.165) is 5.75 Å². The number of carbonyl (C=O) groups excluding carboxylic acids is 1. The van der Waals surface area contributed by atoms with E-state index >= 15 is 0 Å². The summed E-state index contributed by atoms with van der Waals surface area (Å²) in [6.45, 7) is 5.03. The van der Waals surface area contributed by atoms with E-state index in [-0.39, 0.29) is 5.91 Å². The topological polar surface area (TPSA) is 42.7 Å². The summed E-state index contributed by atoms with van der Waals surface area (Å²) in [5.74, 6) is 1.04. The number of aryl methyl sites for hydroxylation is 2. The van der Waals surface area contributed by atoms with Crippen LogP contribution in [-0.4, -0.2) is 31.0 Å². The average Bonchev–Trinajstić information content (AvgIpc) is 2.90. The van der Waals surface area contributed by atoms with E-state index in [1.165, 1.54) is 17.4 Å². The van der Waals surface area contributed by atoms with Crippen molar-refractivity contribution in [1.29, 1.82) is 0 Å². The van der Waals surface area contributed by atoms with Crippen molar-refractivity contribution >= 4 is 5.91 Å². The van der Waals surface area contributed by atoms with Gasteiger partial charge in [-0.05, 0) is 49.2 Å². The van der Waals surface area contributed by atoms with Gasteiger partial charge in [-0.25, -0.2) is 0 Å². The Morgan fingerprint density at radius 1 is 1.25 bits per heavy atom. The van der Waals surface area contributed by atoms with Gasteiger partial charge in [0.1, 0.15) is 12.4 Å². The smallest absolute Gasteiger partial charge is 0.289 e. The minimum absolute atomic E-state index is 0.140. The molecular weight excluding hydrogens is 254 g/mol. The summed E-state index contributed by atoms with van der Waals surface area (Å²) >= 11 is 0. The molecule has 1 aromatic heterocycles. The SMILES string of the molecule is Cc1cc(C)cc(OCCN(C)C(=O)c2ccco2)c1. The van der Waals surface area contributed by atoms with Crippen LogP contribution in [0.1, 0.15) is 21.7 Å². The third-order valence-corrected chi connectivity index (χ3v) is 2.97. The second-order valence-corrected chi connectivity index (χ2v) is 4.88. The summed E-state index contributed by atoms with van der Waals surface area (Å²) in [7, 11) is 1.73. The van der Waals surface area contributed by atoms with E-state index in [1.54, 1.807) is 24.1 Å². The van der Waals surface area contributed by atoms with Crippen LogP contribution in [0.4, 0.5) is 0 Å². The summed E-state index contributed by atoms with van der Waals surface area (Å²) in [6, 6.07) is 9.43. The molecule has 20 heavy (non-hydrogen) atoms. The van der Waals surface area contributed by atoms with Crippen LogP contribution >= 0.6 is 0 Å². The first-order chi connectivity index (χ1) is 9.56. The molecule has 4 heteroatoms. The standard InChI is InChI=1S/C16H19NO3/c1-12-9-13(2)11-14(10-12)19-8-6-17(3)16(18)15-5-4-7-20-15/h4-5,7,9-11H,6,8H2,1-3H3. The van der Waals surface area contributed by atoms with E-state index in [4.69, 9.17) is 9.15 Å². The Labute approximate surface area is 119 Å². The van der Waals surface area contributed by atoms with Gasteiger partial charge in [0.2, 0.25) is 0 Å². The summed E-state index contributed by atoms with van der Waals surface area (Å²) in [5.41, 5.74) is 2.33. The lowest BCUT2D eigenvalue weighted by Gasteiger charge is -2.16. The van der Waals surface area contributed by atoms with E-state index in [1.807, 2.05) is 26.0 Å². The van der Waals surface area contributed by atoms with Gasteiger partial charge in [-0.2, -0.15) is 0 Å².